The molecule has 92 valence electrons. The van der Waals surface area contributed by atoms with Crippen molar-refractivity contribution >= 4 is 0 Å². The third kappa shape index (κ3) is 2.11. The molecule has 3 rings (SSSR count). The molecule has 4 atom stereocenters. The molecule has 2 aliphatic carbocycles. The fraction of sp³-hybridized carbons (Fsp3) is 0.667. The zero-order valence-corrected chi connectivity index (χ0v) is 10.6. The smallest absolute Gasteiger partial charge is 0.0352 e. The van der Waals surface area contributed by atoms with Crippen LogP contribution in [0.1, 0.15) is 44.2 Å². The lowest BCUT2D eigenvalue weighted by Gasteiger charge is -2.31. The van der Waals surface area contributed by atoms with Crippen molar-refractivity contribution in [3.05, 3.63) is 30.1 Å². The number of nitrogens with one attached hydrogen (secondary N) is 1. The Morgan fingerprint density at radius 2 is 2.12 bits per heavy atom. The van der Waals surface area contributed by atoms with E-state index in [0.717, 1.165) is 24.3 Å². The number of fused-ring (bicyclic) bond motifs is 2. The van der Waals surface area contributed by atoms with Gasteiger partial charge in [-0.15, -0.1) is 0 Å². The summed E-state index contributed by atoms with van der Waals surface area (Å²) < 4.78 is 0. The van der Waals surface area contributed by atoms with Crippen LogP contribution in [0.25, 0.3) is 0 Å². The number of pyridine rings is 1. The first-order valence-corrected chi connectivity index (χ1v) is 7.01. The Morgan fingerprint density at radius 3 is 2.71 bits per heavy atom. The summed E-state index contributed by atoms with van der Waals surface area (Å²) in [4.78, 5) is 4.13. The Kier molecular flexibility index (Phi) is 3.15. The number of rotatable bonds is 4. The highest BCUT2D eigenvalue weighted by atomic mass is 14.9. The molecular formula is C15H22N2. The molecule has 1 N–H and O–H groups in total. The maximum Gasteiger partial charge on any atom is 0.0352 e. The van der Waals surface area contributed by atoms with E-state index >= 15 is 0 Å². The number of hydrogen-bond acceptors (Lipinski definition) is 2. The molecule has 0 radical (unpaired) electrons. The number of aromatic nitrogens is 1. The fourth-order valence-electron chi connectivity index (χ4n) is 4.01. The molecule has 2 bridgehead atoms. The van der Waals surface area contributed by atoms with Crippen molar-refractivity contribution in [2.45, 2.75) is 38.6 Å². The maximum absolute atomic E-state index is 4.13. The van der Waals surface area contributed by atoms with Gasteiger partial charge >= 0.3 is 0 Å². The van der Waals surface area contributed by atoms with Crippen molar-refractivity contribution in [2.24, 2.45) is 17.8 Å². The highest BCUT2D eigenvalue weighted by molar-refractivity contribution is 5.17. The maximum atomic E-state index is 4.13. The lowest BCUT2D eigenvalue weighted by molar-refractivity contribution is 0.253. The third-order valence-electron chi connectivity index (χ3n) is 4.71. The molecule has 0 spiro atoms. The monoisotopic (exact) mass is 230 g/mol. The Hall–Kier alpha value is -0.890. The zero-order chi connectivity index (χ0) is 11.7. The van der Waals surface area contributed by atoms with E-state index in [1.54, 1.807) is 0 Å². The topological polar surface area (TPSA) is 24.9 Å². The normalized spacial score (nSPS) is 32.9. The third-order valence-corrected chi connectivity index (χ3v) is 4.71. The van der Waals surface area contributed by atoms with Crippen LogP contribution in [0.5, 0.6) is 0 Å². The molecule has 4 unspecified atom stereocenters. The van der Waals surface area contributed by atoms with E-state index in [9.17, 15) is 0 Å². The average Bonchev–Trinajstić information content (AvgIpc) is 2.99. The second-order valence-electron chi connectivity index (χ2n) is 5.65. The second kappa shape index (κ2) is 4.77. The Balaban J connectivity index is 1.81. The SMILES string of the molecule is CCNC(c1ccncc1)C1CC2CCC1C2. The van der Waals surface area contributed by atoms with Crippen LogP contribution in [0, 0.1) is 17.8 Å². The summed E-state index contributed by atoms with van der Waals surface area (Å²) in [5.74, 6) is 2.85. The molecule has 1 aromatic rings. The van der Waals surface area contributed by atoms with Crippen molar-refractivity contribution in [3.8, 4) is 0 Å². The summed E-state index contributed by atoms with van der Waals surface area (Å²) in [6.07, 6.45) is 9.71. The average molecular weight is 230 g/mol. The first-order valence-electron chi connectivity index (χ1n) is 7.01. The second-order valence-corrected chi connectivity index (χ2v) is 5.65. The molecule has 17 heavy (non-hydrogen) atoms. The van der Waals surface area contributed by atoms with Crippen LogP contribution in [0.15, 0.2) is 24.5 Å². The molecule has 0 amide bonds. The van der Waals surface area contributed by atoms with Crippen molar-refractivity contribution in [1.29, 1.82) is 0 Å². The largest absolute Gasteiger partial charge is 0.310 e. The molecule has 1 aromatic heterocycles. The molecule has 1 heterocycles. The lowest BCUT2D eigenvalue weighted by Crippen LogP contribution is -2.31. The molecule has 2 nitrogen and oxygen atoms in total. The molecule has 0 aliphatic heterocycles. The van der Waals surface area contributed by atoms with E-state index < -0.39 is 0 Å². The van der Waals surface area contributed by atoms with Gasteiger partial charge in [0.15, 0.2) is 0 Å². The number of hydrogen-bond donors (Lipinski definition) is 1. The van der Waals surface area contributed by atoms with Gasteiger partial charge in [0.25, 0.3) is 0 Å². The minimum Gasteiger partial charge on any atom is -0.310 e. The van der Waals surface area contributed by atoms with Crippen LogP contribution in [0.3, 0.4) is 0 Å². The van der Waals surface area contributed by atoms with Gasteiger partial charge in [-0.25, -0.2) is 0 Å². The quantitative estimate of drug-likeness (QED) is 0.859. The molecule has 0 aromatic carbocycles. The highest BCUT2D eigenvalue weighted by Crippen LogP contribution is 2.52. The van der Waals surface area contributed by atoms with Gasteiger partial charge in [0.05, 0.1) is 0 Å². The van der Waals surface area contributed by atoms with Crippen molar-refractivity contribution in [3.63, 3.8) is 0 Å². The molecule has 2 aliphatic rings. The van der Waals surface area contributed by atoms with Gasteiger partial charge in [-0.2, -0.15) is 0 Å². The van der Waals surface area contributed by atoms with Gasteiger partial charge < -0.3 is 5.32 Å². The lowest BCUT2D eigenvalue weighted by atomic mass is 9.80. The van der Waals surface area contributed by atoms with Crippen LogP contribution in [0.4, 0.5) is 0 Å². The van der Waals surface area contributed by atoms with Gasteiger partial charge in [0.2, 0.25) is 0 Å². The van der Waals surface area contributed by atoms with Crippen LogP contribution in [-0.2, 0) is 0 Å². The minimum absolute atomic E-state index is 0.554. The van der Waals surface area contributed by atoms with Crippen molar-refractivity contribution in [1.82, 2.24) is 10.3 Å². The van der Waals surface area contributed by atoms with Crippen molar-refractivity contribution < 1.29 is 0 Å². The first kappa shape index (κ1) is 11.2. The van der Waals surface area contributed by atoms with Gasteiger partial charge in [0.1, 0.15) is 0 Å². The van der Waals surface area contributed by atoms with Gasteiger partial charge in [-0.05, 0) is 61.3 Å². The van der Waals surface area contributed by atoms with E-state index in [0.29, 0.717) is 6.04 Å². The Morgan fingerprint density at radius 1 is 1.29 bits per heavy atom. The molecule has 0 saturated heterocycles. The Bertz CT molecular complexity index is 362. The van der Waals surface area contributed by atoms with Gasteiger partial charge in [-0.1, -0.05) is 13.3 Å². The standard InChI is InChI=1S/C15H22N2/c1-2-17-15(12-5-7-16-8-6-12)14-10-11-3-4-13(14)9-11/h5-8,11,13-15,17H,2-4,9-10H2,1H3. The summed E-state index contributed by atoms with van der Waals surface area (Å²) in [6.45, 7) is 3.27. The molecule has 2 saturated carbocycles. The van der Waals surface area contributed by atoms with Gasteiger partial charge in [0, 0.05) is 18.4 Å². The predicted octanol–water partition coefficient (Wildman–Crippen LogP) is 3.17. The minimum atomic E-state index is 0.554. The summed E-state index contributed by atoms with van der Waals surface area (Å²) in [7, 11) is 0. The predicted molar refractivity (Wildman–Crippen MR) is 69.6 cm³/mol. The van der Waals surface area contributed by atoms with E-state index in [2.05, 4.69) is 29.4 Å². The van der Waals surface area contributed by atoms with Crippen LogP contribution >= 0.6 is 0 Å². The van der Waals surface area contributed by atoms with E-state index in [1.165, 1.54) is 31.2 Å². The van der Waals surface area contributed by atoms with E-state index in [4.69, 9.17) is 0 Å². The summed E-state index contributed by atoms with van der Waals surface area (Å²) in [5, 5.41) is 3.70. The molecule has 2 fully saturated rings. The Labute approximate surface area is 104 Å². The summed E-state index contributed by atoms with van der Waals surface area (Å²) in [6, 6.07) is 4.91. The number of nitrogens with zero attached hydrogens (tertiary/aromatic N) is 1. The van der Waals surface area contributed by atoms with Gasteiger partial charge in [-0.3, -0.25) is 4.98 Å². The van der Waals surface area contributed by atoms with Crippen LogP contribution in [0.2, 0.25) is 0 Å². The van der Waals surface area contributed by atoms with Crippen molar-refractivity contribution in [2.75, 3.05) is 6.54 Å². The molecule has 2 heteroatoms. The summed E-state index contributed by atoms with van der Waals surface area (Å²) in [5.41, 5.74) is 1.43. The van der Waals surface area contributed by atoms with Crippen LogP contribution in [-0.4, -0.2) is 11.5 Å². The van der Waals surface area contributed by atoms with Crippen LogP contribution < -0.4 is 5.32 Å². The highest BCUT2D eigenvalue weighted by Gasteiger charge is 2.43. The summed E-state index contributed by atoms with van der Waals surface area (Å²) >= 11 is 0. The fourth-order valence-corrected chi connectivity index (χ4v) is 4.01. The van der Waals surface area contributed by atoms with E-state index in [-0.39, 0.29) is 0 Å². The zero-order valence-electron chi connectivity index (χ0n) is 10.6. The van der Waals surface area contributed by atoms with E-state index in [1.807, 2.05) is 12.4 Å². The molecular weight excluding hydrogens is 208 g/mol. The first-order chi connectivity index (χ1) is 8.38.